The smallest absolute Gasteiger partial charge is 0.303 e. The van der Waals surface area contributed by atoms with Crippen molar-refractivity contribution in [3.8, 4) is 0 Å². The second-order valence-corrected chi connectivity index (χ2v) is 4.62. The zero-order valence-corrected chi connectivity index (χ0v) is 15.3. The third-order valence-corrected chi connectivity index (χ3v) is 0. The Bertz CT molecular complexity index is 215. The van der Waals surface area contributed by atoms with E-state index < -0.39 is 23.5 Å². The average Bonchev–Trinajstić information content (AvgIpc) is 2.18. The van der Waals surface area contributed by atoms with Crippen LogP contribution in [0.3, 0.4) is 0 Å². The van der Waals surface area contributed by atoms with Gasteiger partial charge in [0.1, 0.15) is 0 Å². The van der Waals surface area contributed by atoms with Gasteiger partial charge in [-0.15, -0.1) is 0 Å². The summed E-state index contributed by atoms with van der Waals surface area (Å²) in [5, 5.41) is 0. The van der Waals surface area contributed by atoms with Crippen LogP contribution in [-0.2, 0) is 13.7 Å². The van der Waals surface area contributed by atoms with Gasteiger partial charge in [0, 0.05) is 0 Å². The number of phosphoric acid groups is 3. The summed E-state index contributed by atoms with van der Waals surface area (Å²) in [6, 6.07) is 0. The zero-order chi connectivity index (χ0) is 19.5. The maximum absolute atomic E-state index is 8.88. The predicted molar refractivity (Wildman–Crippen MR) is 76.8 cm³/mol. The first-order valence-electron chi connectivity index (χ1n) is 5.35. The lowest BCUT2D eigenvalue weighted by molar-refractivity contribution is 0.272. The van der Waals surface area contributed by atoms with E-state index in [0.717, 1.165) is 0 Å². The SMILES string of the molecule is CC.CC.CC.O=P(O)(O)O.O=P(O)(O)O.O=P(O)(O)O. The molecule has 0 bridgehead atoms. The van der Waals surface area contributed by atoms with Gasteiger partial charge in [-0.1, -0.05) is 41.5 Å². The van der Waals surface area contributed by atoms with Gasteiger partial charge in [-0.25, -0.2) is 13.7 Å². The van der Waals surface area contributed by atoms with Gasteiger partial charge in [-0.3, -0.25) is 0 Å². The Kier molecular flexibility index (Phi) is 40.4. The topological polar surface area (TPSA) is 233 Å². The molecule has 0 aromatic carbocycles. The Balaban J connectivity index is -0.0000000340. The first kappa shape index (κ1) is 37.5. The molecule has 12 nitrogen and oxygen atoms in total. The van der Waals surface area contributed by atoms with Gasteiger partial charge >= 0.3 is 23.5 Å². The minimum absolute atomic E-state index is 2.00. The molecule has 0 rings (SSSR count). The molecular weight excluding hydrogens is 357 g/mol. The monoisotopic (exact) mass is 384 g/mol. The van der Waals surface area contributed by atoms with Crippen LogP contribution < -0.4 is 0 Å². The summed E-state index contributed by atoms with van der Waals surface area (Å²) in [7, 11) is -13.9. The molecule has 0 saturated carbocycles. The van der Waals surface area contributed by atoms with Crippen LogP contribution in [-0.4, -0.2) is 44.0 Å². The molecule has 0 amide bonds. The summed E-state index contributed by atoms with van der Waals surface area (Å²) in [5.41, 5.74) is 0. The molecule has 0 fully saturated rings. The second kappa shape index (κ2) is 22.6. The quantitative estimate of drug-likeness (QED) is 0.256. The highest BCUT2D eigenvalue weighted by atomic mass is 31.2. The molecule has 0 aliphatic heterocycles. The molecule has 0 unspecified atom stereocenters. The fraction of sp³-hybridized carbons (Fsp3) is 1.00. The molecule has 0 aromatic heterocycles. The van der Waals surface area contributed by atoms with Gasteiger partial charge < -0.3 is 44.0 Å². The van der Waals surface area contributed by atoms with E-state index in [1.54, 1.807) is 0 Å². The molecule has 0 heterocycles. The van der Waals surface area contributed by atoms with Crippen molar-refractivity contribution in [3.63, 3.8) is 0 Å². The predicted octanol–water partition coefficient (Wildman–Crippen LogP) is 0.293. The highest BCUT2D eigenvalue weighted by molar-refractivity contribution is 7.45. The van der Waals surface area contributed by atoms with E-state index in [1.807, 2.05) is 41.5 Å². The highest BCUT2D eigenvalue weighted by Gasteiger charge is 2.01. The zero-order valence-electron chi connectivity index (χ0n) is 12.6. The van der Waals surface area contributed by atoms with Crippen LogP contribution >= 0.6 is 23.5 Å². The van der Waals surface area contributed by atoms with Gasteiger partial charge in [0.05, 0.1) is 0 Å². The van der Waals surface area contributed by atoms with E-state index >= 15 is 0 Å². The van der Waals surface area contributed by atoms with E-state index in [1.165, 1.54) is 0 Å². The van der Waals surface area contributed by atoms with Crippen LogP contribution in [0.2, 0.25) is 0 Å². The minimum atomic E-state index is -4.64. The average molecular weight is 384 g/mol. The van der Waals surface area contributed by atoms with Gasteiger partial charge in [0.25, 0.3) is 0 Å². The second-order valence-electron chi connectivity index (χ2n) is 1.54. The molecule has 0 saturated heterocycles. The lowest BCUT2D eigenvalue weighted by Gasteiger charge is -1.82. The van der Waals surface area contributed by atoms with E-state index in [0.29, 0.717) is 0 Å². The van der Waals surface area contributed by atoms with Gasteiger partial charge in [0.15, 0.2) is 0 Å². The number of hydrogen-bond donors (Lipinski definition) is 9. The molecule has 0 aliphatic rings. The molecule has 0 radical (unpaired) electrons. The van der Waals surface area contributed by atoms with Gasteiger partial charge in [-0.2, -0.15) is 0 Å². The molecule has 0 aromatic rings. The Hall–Kier alpha value is 0.330. The lowest BCUT2D eigenvalue weighted by Crippen LogP contribution is -1.66. The lowest BCUT2D eigenvalue weighted by atomic mass is 11.0. The van der Waals surface area contributed by atoms with Crippen LogP contribution in [0.4, 0.5) is 0 Å². The third-order valence-electron chi connectivity index (χ3n) is 0. The van der Waals surface area contributed by atoms with Crippen LogP contribution in [0.5, 0.6) is 0 Å². The standard InChI is InChI=1S/3C2H6.3H3O4P/c3*1-2;3*1-5(2,3)4/h3*1-2H3;3*(H3,1,2,3,4). The van der Waals surface area contributed by atoms with E-state index in [-0.39, 0.29) is 0 Å². The van der Waals surface area contributed by atoms with Crippen LogP contribution in [0, 0.1) is 0 Å². The Morgan fingerprint density at radius 3 is 0.381 bits per heavy atom. The molecule has 9 N–H and O–H groups in total. The number of hydrogen-bond acceptors (Lipinski definition) is 3. The minimum Gasteiger partial charge on any atom is -0.303 e. The summed E-state index contributed by atoms with van der Waals surface area (Å²) in [6.45, 7) is 12.0. The summed E-state index contributed by atoms with van der Waals surface area (Å²) >= 11 is 0. The van der Waals surface area contributed by atoms with Crippen molar-refractivity contribution in [2.75, 3.05) is 0 Å². The van der Waals surface area contributed by atoms with Crippen LogP contribution in [0.15, 0.2) is 0 Å². The van der Waals surface area contributed by atoms with Crippen molar-refractivity contribution in [3.05, 3.63) is 0 Å². The van der Waals surface area contributed by atoms with Gasteiger partial charge in [-0.05, 0) is 0 Å². The Morgan fingerprint density at radius 2 is 0.381 bits per heavy atom. The number of rotatable bonds is 0. The van der Waals surface area contributed by atoms with Crippen LogP contribution in [0.1, 0.15) is 41.5 Å². The van der Waals surface area contributed by atoms with E-state index in [4.69, 9.17) is 57.7 Å². The van der Waals surface area contributed by atoms with E-state index in [9.17, 15) is 0 Å². The highest BCUT2D eigenvalue weighted by Crippen LogP contribution is 2.26. The first-order chi connectivity index (χ1) is 9.00. The molecule has 21 heavy (non-hydrogen) atoms. The summed E-state index contributed by atoms with van der Waals surface area (Å²) < 4.78 is 26.6. The van der Waals surface area contributed by atoms with Crippen molar-refractivity contribution >= 4 is 23.5 Å². The third kappa shape index (κ3) is 62700. The molecule has 138 valence electrons. The summed E-state index contributed by atoms with van der Waals surface area (Å²) in [6.07, 6.45) is 0. The first-order valence-corrected chi connectivity index (χ1v) is 10.0. The molecule has 0 aliphatic carbocycles. The van der Waals surface area contributed by atoms with Crippen molar-refractivity contribution in [2.45, 2.75) is 41.5 Å². The maximum atomic E-state index is 8.88. The Morgan fingerprint density at radius 1 is 0.381 bits per heavy atom. The van der Waals surface area contributed by atoms with Crippen molar-refractivity contribution < 1.29 is 57.7 Å². The van der Waals surface area contributed by atoms with Crippen molar-refractivity contribution in [1.29, 1.82) is 0 Å². The van der Waals surface area contributed by atoms with E-state index in [2.05, 4.69) is 0 Å². The molecular formula is C6H27O12P3. The fourth-order valence-corrected chi connectivity index (χ4v) is 0. The summed E-state index contributed by atoms with van der Waals surface area (Å²) in [4.78, 5) is 64.7. The van der Waals surface area contributed by atoms with Gasteiger partial charge in [0.2, 0.25) is 0 Å². The normalized spacial score (nSPS) is 9.29. The molecule has 0 spiro atoms. The largest absolute Gasteiger partial charge is 0.466 e. The van der Waals surface area contributed by atoms with Crippen molar-refractivity contribution in [1.82, 2.24) is 0 Å². The van der Waals surface area contributed by atoms with Crippen LogP contribution in [0.25, 0.3) is 0 Å². The molecule has 15 heteroatoms. The van der Waals surface area contributed by atoms with Crippen molar-refractivity contribution in [2.24, 2.45) is 0 Å². The Labute approximate surface area is 123 Å². The maximum Gasteiger partial charge on any atom is 0.466 e. The summed E-state index contributed by atoms with van der Waals surface area (Å²) in [5.74, 6) is 0. The fourth-order valence-electron chi connectivity index (χ4n) is 0. The molecule has 0 atom stereocenters.